The fourth-order valence-electron chi connectivity index (χ4n) is 10.3. The predicted octanol–water partition coefficient (Wildman–Crippen LogP) is 7.86. The third kappa shape index (κ3) is 5.46. The van der Waals surface area contributed by atoms with Crippen LogP contribution in [-0.4, -0.2) is 72.4 Å². The number of fused-ring (bicyclic) bond motifs is 4. The second-order valence-corrected chi connectivity index (χ2v) is 16.9. The molecule has 2 saturated carbocycles. The maximum atomic E-state index is 14.5. The lowest BCUT2D eigenvalue weighted by molar-refractivity contribution is -0.558. The second-order valence-electron chi connectivity index (χ2n) is 15.8. The molecule has 282 valence electrons. The molecule has 0 aromatic heterocycles. The molecule has 2 spiro atoms. The van der Waals surface area contributed by atoms with Gasteiger partial charge in [0.25, 0.3) is 0 Å². The molecule has 4 bridgehead atoms. The number of rotatable bonds is 7. The largest absolute Gasteiger partial charge is 0.456 e. The van der Waals surface area contributed by atoms with Crippen LogP contribution in [-0.2, 0) is 43.2 Å². The van der Waals surface area contributed by atoms with Crippen LogP contribution >= 0.6 is 11.8 Å². The van der Waals surface area contributed by atoms with E-state index in [9.17, 15) is 26.3 Å². The minimum atomic E-state index is -4.80. The molecular formula is C34H44F6O9S. The first-order valence-electron chi connectivity index (χ1n) is 17.7. The van der Waals surface area contributed by atoms with Crippen LogP contribution in [0.1, 0.15) is 79.1 Å². The minimum Gasteiger partial charge on any atom is -0.456 e. The van der Waals surface area contributed by atoms with Crippen molar-refractivity contribution >= 4 is 11.8 Å². The molecule has 8 fully saturated rings. The SMILES string of the molecule is C[C@@H]1CC[C@H]2C(COCCSCC3=C(C(F)(F)F)O[C@@H]4O[C@@]5(C)CCC6[C@H](C)CC[C@@H]3[C@]64OO5)=C(C(F)(F)F)O[C@@H]3O[C@@]4(C)CCC1[C@]32OO4. The van der Waals surface area contributed by atoms with Gasteiger partial charge in [0.15, 0.2) is 11.2 Å². The van der Waals surface area contributed by atoms with Crippen molar-refractivity contribution in [2.24, 2.45) is 35.5 Å². The van der Waals surface area contributed by atoms with Crippen LogP contribution in [0.4, 0.5) is 26.3 Å². The summed E-state index contributed by atoms with van der Waals surface area (Å²) in [5.41, 5.74) is -2.45. The summed E-state index contributed by atoms with van der Waals surface area (Å²) in [6.45, 7) is 7.03. The molecule has 10 aliphatic rings. The molecule has 9 nitrogen and oxygen atoms in total. The van der Waals surface area contributed by atoms with Crippen LogP contribution in [0.15, 0.2) is 22.7 Å². The van der Waals surface area contributed by atoms with Gasteiger partial charge in [-0.3, -0.25) is 0 Å². The Morgan fingerprint density at radius 2 is 1.16 bits per heavy atom. The quantitative estimate of drug-likeness (QED) is 0.146. The van der Waals surface area contributed by atoms with E-state index in [4.69, 9.17) is 43.2 Å². The first kappa shape index (κ1) is 35.7. The molecule has 2 aliphatic carbocycles. The van der Waals surface area contributed by atoms with Gasteiger partial charge in [0.05, 0.1) is 13.2 Å². The average Bonchev–Trinajstić information content (AvgIpc) is 3.41. The Labute approximate surface area is 290 Å². The van der Waals surface area contributed by atoms with Crippen molar-refractivity contribution in [3.8, 4) is 0 Å². The van der Waals surface area contributed by atoms with Crippen LogP contribution in [0.25, 0.3) is 0 Å². The van der Waals surface area contributed by atoms with Gasteiger partial charge in [0.1, 0.15) is 0 Å². The zero-order valence-corrected chi connectivity index (χ0v) is 29.3. The molecule has 6 saturated heterocycles. The standard InChI is InChI=1S/C34H44F6O9S/c1-17-5-7-23-19(25(33(35,36)37)42-27-31(23)21(17)9-11-29(3,44-27)46-48-31)15-41-13-14-50-16-20-24-8-6-18(2)22-10-12-30(4)45-28(32(22,24)49-47-30)43-26(20)34(38,39)40/h17-18,21-24,27-28H,5-16H2,1-4H3/t17-,18-,21?,22?,23+,24+,27-,28-,29-,30-,31-,32-/m1/s1. The predicted molar refractivity (Wildman–Crippen MR) is 162 cm³/mol. The van der Waals surface area contributed by atoms with Crippen LogP contribution < -0.4 is 0 Å². The number of thioether (sulfide) groups is 1. The highest BCUT2D eigenvalue weighted by molar-refractivity contribution is 7.99. The maximum Gasteiger partial charge on any atom is 0.449 e. The van der Waals surface area contributed by atoms with Crippen molar-refractivity contribution in [1.29, 1.82) is 0 Å². The Kier molecular flexibility index (Phi) is 8.67. The van der Waals surface area contributed by atoms with E-state index in [0.29, 0.717) is 51.4 Å². The molecule has 2 unspecified atom stereocenters. The molecule has 8 heterocycles. The summed E-state index contributed by atoms with van der Waals surface area (Å²) >= 11 is 1.20. The van der Waals surface area contributed by atoms with Gasteiger partial charge < -0.3 is 23.7 Å². The molecule has 16 heteroatoms. The summed E-state index contributed by atoms with van der Waals surface area (Å²) in [4.78, 5) is 23.5. The Morgan fingerprint density at radius 3 is 1.66 bits per heavy atom. The van der Waals surface area contributed by atoms with Gasteiger partial charge in [0.2, 0.25) is 35.7 Å². The Balaban J connectivity index is 0.987. The van der Waals surface area contributed by atoms with E-state index in [1.165, 1.54) is 11.8 Å². The maximum absolute atomic E-state index is 14.5. The minimum absolute atomic E-state index is 0.0110. The van der Waals surface area contributed by atoms with Gasteiger partial charge in [-0.15, -0.1) is 0 Å². The highest BCUT2D eigenvalue weighted by atomic mass is 32.2. The monoisotopic (exact) mass is 742 g/mol. The lowest BCUT2D eigenvalue weighted by Crippen LogP contribution is -2.67. The fourth-order valence-corrected chi connectivity index (χ4v) is 11.2. The average molecular weight is 743 g/mol. The molecule has 50 heavy (non-hydrogen) atoms. The third-order valence-electron chi connectivity index (χ3n) is 12.7. The summed E-state index contributed by atoms with van der Waals surface area (Å²) in [7, 11) is 0. The zero-order valence-electron chi connectivity index (χ0n) is 28.5. The van der Waals surface area contributed by atoms with Gasteiger partial charge in [-0.2, -0.15) is 38.1 Å². The molecule has 12 atom stereocenters. The summed E-state index contributed by atoms with van der Waals surface area (Å²) in [5.74, 6) is -5.79. The van der Waals surface area contributed by atoms with E-state index < -0.39 is 71.1 Å². The van der Waals surface area contributed by atoms with E-state index >= 15 is 0 Å². The molecule has 8 aliphatic heterocycles. The Bertz CT molecular complexity index is 1320. The van der Waals surface area contributed by atoms with E-state index in [-0.39, 0.29) is 59.5 Å². The van der Waals surface area contributed by atoms with Gasteiger partial charge in [-0.1, -0.05) is 13.8 Å². The normalized spacial score (nSPS) is 46.8. The van der Waals surface area contributed by atoms with Gasteiger partial charge in [0, 0.05) is 53.6 Å². The van der Waals surface area contributed by atoms with Crippen LogP contribution in [0.3, 0.4) is 0 Å². The Morgan fingerprint density at radius 1 is 0.680 bits per heavy atom. The first-order chi connectivity index (χ1) is 23.5. The van der Waals surface area contributed by atoms with E-state index in [2.05, 4.69) is 13.8 Å². The Hall–Kier alpha value is -1.27. The molecule has 0 aromatic rings. The molecule has 0 radical (unpaired) electrons. The van der Waals surface area contributed by atoms with Gasteiger partial charge in [-0.05, 0) is 69.8 Å². The van der Waals surface area contributed by atoms with Crippen LogP contribution in [0.5, 0.6) is 0 Å². The fraction of sp³-hybridized carbons (Fsp3) is 0.882. The molecule has 0 N–H and O–H groups in total. The van der Waals surface area contributed by atoms with Gasteiger partial charge >= 0.3 is 12.4 Å². The molecule has 10 rings (SSSR count). The number of ether oxygens (including phenoxy) is 5. The molecule has 0 aromatic carbocycles. The lowest BCUT2D eigenvalue weighted by atomic mass is 9.59. The highest BCUT2D eigenvalue weighted by Gasteiger charge is 2.71. The van der Waals surface area contributed by atoms with Gasteiger partial charge in [-0.25, -0.2) is 19.6 Å². The van der Waals surface area contributed by atoms with Crippen molar-refractivity contribution in [3.05, 3.63) is 22.7 Å². The van der Waals surface area contributed by atoms with E-state index in [1.807, 2.05) is 0 Å². The van der Waals surface area contributed by atoms with Crippen molar-refractivity contribution < 1.29 is 69.6 Å². The van der Waals surface area contributed by atoms with E-state index in [1.54, 1.807) is 13.8 Å². The number of alkyl halides is 6. The lowest BCUT2D eigenvalue weighted by Gasteiger charge is -2.57. The van der Waals surface area contributed by atoms with E-state index in [0.717, 1.165) is 0 Å². The number of hydrogen-bond donors (Lipinski definition) is 0. The second kappa shape index (κ2) is 12.1. The van der Waals surface area contributed by atoms with Crippen LogP contribution in [0.2, 0.25) is 0 Å². The summed E-state index contributed by atoms with van der Waals surface area (Å²) in [6.07, 6.45) is -7.65. The smallest absolute Gasteiger partial charge is 0.449 e. The number of halogens is 6. The molecule has 0 amide bonds. The van der Waals surface area contributed by atoms with Crippen molar-refractivity contribution in [1.82, 2.24) is 0 Å². The topological polar surface area (TPSA) is 83.1 Å². The van der Waals surface area contributed by atoms with Crippen LogP contribution in [0, 0.1) is 35.5 Å². The van der Waals surface area contributed by atoms with Crippen molar-refractivity contribution in [2.75, 3.05) is 24.7 Å². The summed E-state index contributed by atoms with van der Waals surface area (Å²) in [5, 5.41) is 0. The summed E-state index contributed by atoms with van der Waals surface area (Å²) < 4.78 is 116. The van der Waals surface area contributed by atoms with Crippen molar-refractivity contribution in [3.63, 3.8) is 0 Å². The molecular weight excluding hydrogens is 698 g/mol. The van der Waals surface area contributed by atoms with Crippen molar-refractivity contribution in [2.45, 2.75) is 127 Å². The first-order valence-corrected chi connectivity index (χ1v) is 18.8. The zero-order chi connectivity index (χ0) is 35.5. The number of hydrogen-bond acceptors (Lipinski definition) is 10. The number of allylic oxidation sites excluding steroid dienone is 2. The summed E-state index contributed by atoms with van der Waals surface area (Å²) in [6, 6.07) is 0. The highest BCUT2D eigenvalue weighted by Crippen LogP contribution is 2.63. The third-order valence-corrected chi connectivity index (χ3v) is 13.7.